The second-order valence-electron chi connectivity index (χ2n) is 6.07. The number of furan rings is 1. The number of amides is 1. The number of nitriles is 1. The van der Waals surface area contributed by atoms with E-state index < -0.39 is 11.9 Å². The first-order valence-electron chi connectivity index (χ1n) is 8.52. The lowest BCUT2D eigenvalue weighted by molar-refractivity contribution is -0.117. The summed E-state index contributed by atoms with van der Waals surface area (Å²) in [5, 5.41) is 21.2. The molecule has 3 rings (SSSR count). The van der Waals surface area contributed by atoms with Gasteiger partial charge in [0.05, 0.1) is 11.7 Å². The van der Waals surface area contributed by atoms with E-state index in [-0.39, 0.29) is 23.0 Å². The molecule has 2 aromatic rings. The number of nitrogens with one attached hydrogen (secondary N) is 1. The molecule has 138 valence electrons. The number of carboxylic acid groups (broad SMARTS) is 1. The van der Waals surface area contributed by atoms with E-state index in [9.17, 15) is 20.0 Å². The Kier molecular flexibility index (Phi) is 5.69. The molecule has 1 saturated heterocycles. The van der Waals surface area contributed by atoms with E-state index >= 15 is 0 Å². The van der Waals surface area contributed by atoms with Gasteiger partial charge in [-0.1, -0.05) is 18.2 Å². The van der Waals surface area contributed by atoms with E-state index in [0.29, 0.717) is 24.5 Å². The number of benzene rings is 1. The second-order valence-corrected chi connectivity index (χ2v) is 6.07. The first-order valence-corrected chi connectivity index (χ1v) is 8.52. The summed E-state index contributed by atoms with van der Waals surface area (Å²) in [5.41, 5.74) is 0.434. The molecule has 2 heterocycles. The smallest absolute Gasteiger partial charge is 0.336 e. The zero-order chi connectivity index (χ0) is 19.2. The minimum absolute atomic E-state index is 0.0170. The fraction of sp³-hybridized carbons (Fsp3) is 0.250. The topological polar surface area (TPSA) is 113 Å². The van der Waals surface area contributed by atoms with Crippen LogP contribution in [0.5, 0.6) is 0 Å². The Hall–Kier alpha value is -3.37. The van der Waals surface area contributed by atoms with Crippen molar-refractivity contribution in [3.8, 4) is 17.4 Å². The second kappa shape index (κ2) is 8.34. The SMILES string of the molecule is N#C/C(=C\c1ccc(-c2ccccc2C(=O)O)o1)C(=O)NC[C@@H]1CCCO1. The Labute approximate surface area is 155 Å². The summed E-state index contributed by atoms with van der Waals surface area (Å²) >= 11 is 0. The average molecular weight is 366 g/mol. The van der Waals surface area contributed by atoms with Gasteiger partial charge in [-0.15, -0.1) is 0 Å². The van der Waals surface area contributed by atoms with Gasteiger partial charge in [0, 0.05) is 24.8 Å². The molecule has 1 fully saturated rings. The van der Waals surface area contributed by atoms with E-state index in [0.717, 1.165) is 12.8 Å². The average Bonchev–Trinajstić information content (AvgIpc) is 3.36. The van der Waals surface area contributed by atoms with Gasteiger partial charge in [0.15, 0.2) is 0 Å². The van der Waals surface area contributed by atoms with Crippen LogP contribution in [0, 0.1) is 11.3 Å². The Morgan fingerprint density at radius 3 is 2.81 bits per heavy atom. The number of carboxylic acids is 1. The van der Waals surface area contributed by atoms with Gasteiger partial charge in [-0.2, -0.15) is 5.26 Å². The molecule has 0 aliphatic carbocycles. The van der Waals surface area contributed by atoms with Gasteiger partial charge >= 0.3 is 5.97 Å². The minimum Gasteiger partial charge on any atom is -0.478 e. The van der Waals surface area contributed by atoms with Crippen LogP contribution in [-0.2, 0) is 9.53 Å². The van der Waals surface area contributed by atoms with Gasteiger partial charge in [-0.05, 0) is 31.0 Å². The maximum Gasteiger partial charge on any atom is 0.336 e. The van der Waals surface area contributed by atoms with Crippen LogP contribution in [0.4, 0.5) is 0 Å². The standard InChI is InChI=1S/C20H18N2O5/c21-11-13(19(23)22-12-15-4-3-9-26-15)10-14-7-8-18(27-14)16-5-1-2-6-17(16)20(24)25/h1-2,5-8,10,15H,3-4,9,12H2,(H,22,23)(H,24,25)/b13-10+/t15-/m0/s1. The molecule has 1 atom stereocenters. The number of carbonyl (C=O) groups excluding carboxylic acids is 1. The van der Waals surface area contributed by atoms with Crippen LogP contribution in [0.1, 0.15) is 29.0 Å². The first kappa shape index (κ1) is 18.4. The first-order chi connectivity index (χ1) is 13.1. The maximum absolute atomic E-state index is 12.2. The minimum atomic E-state index is -1.06. The maximum atomic E-state index is 12.2. The van der Waals surface area contributed by atoms with Gasteiger partial charge < -0.3 is 19.6 Å². The van der Waals surface area contributed by atoms with E-state index in [4.69, 9.17) is 9.15 Å². The van der Waals surface area contributed by atoms with Gasteiger partial charge in [0.1, 0.15) is 23.2 Å². The molecule has 0 radical (unpaired) electrons. The van der Waals surface area contributed by atoms with Crippen LogP contribution >= 0.6 is 0 Å². The van der Waals surface area contributed by atoms with E-state index in [2.05, 4.69) is 5.32 Å². The van der Waals surface area contributed by atoms with Gasteiger partial charge in [-0.25, -0.2) is 4.79 Å². The van der Waals surface area contributed by atoms with Crippen LogP contribution in [-0.4, -0.2) is 36.2 Å². The predicted molar refractivity (Wildman–Crippen MR) is 96.7 cm³/mol. The molecule has 2 N–H and O–H groups in total. The largest absolute Gasteiger partial charge is 0.478 e. The zero-order valence-corrected chi connectivity index (χ0v) is 14.5. The van der Waals surface area contributed by atoms with Crippen molar-refractivity contribution in [2.45, 2.75) is 18.9 Å². The summed E-state index contributed by atoms with van der Waals surface area (Å²) in [6.07, 6.45) is 3.17. The number of aromatic carboxylic acids is 1. The molecule has 1 amide bonds. The molecule has 0 unspecified atom stereocenters. The van der Waals surface area contributed by atoms with Crippen molar-refractivity contribution in [1.82, 2.24) is 5.32 Å². The summed E-state index contributed by atoms with van der Waals surface area (Å²) in [5.74, 6) is -0.937. The Morgan fingerprint density at radius 2 is 2.11 bits per heavy atom. The number of hydrogen-bond donors (Lipinski definition) is 2. The summed E-state index contributed by atoms with van der Waals surface area (Å²) in [6, 6.07) is 11.5. The predicted octanol–water partition coefficient (Wildman–Crippen LogP) is 2.85. The number of nitrogens with zero attached hydrogens (tertiary/aromatic N) is 1. The van der Waals surface area contributed by atoms with Gasteiger partial charge in [0.2, 0.25) is 0 Å². The van der Waals surface area contributed by atoms with Crippen LogP contribution in [0.25, 0.3) is 17.4 Å². The number of rotatable bonds is 6. The van der Waals surface area contributed by atoms with Crippen molar-refractivity contribution in [3.05, 3.63) is 53.3 Å². The molecule has 7 nitrogen and oxygen atoms in total. The van der Waals surface area contributed by atoms with E-state index in [1.165, 1.54) is 12.1 Å². The summed E-state index contributed by atoms with van der Waals surface area (Å²) in [7, 11) is 0. The Balaban J connectivity index is 1.75. The molecular weight excluding hydrogens is 348 g/mol. The number of ether oxygens (including phenoxy) is 1. The number of carbonyl (C=O) groups is 2. The highest BCUT2D eigenvalue weighted by Crippen LogP contribution is 2.26. The molecule has 7 heteroatoms. The molecule has 27 heavy (non-hydrogen) atoms. The van der Waals surface area contributed by atoms with Crippen LogP contribution < -0.4 is 5.32 Å². The highest BCUT2D eigenvalue weighted by molar-refractivity contribution is 6.01. The van der Waals surface area contributed by atoms with E-state index in [1.807, 2.05) is 6.07 Å². The molecule has 1 aliphatic rings. The lowest BCUT2D eigenvalue weighted by Gasteiger charge is -2.09. The third-order valence-electron chi connectivity index (χ3n) is 4.22. The molecule has 0 spiro atoms. The van der Waals surface area contributed by atoms with Crippen LogP contribution in [0.3, 0.4) is 0 Å². The summed E-state index contributed by atoms with van der Waals surface area (Å²) in [4.78, 5) is 23.5. The molecule has 1 aromatic heterocycles. The van der Waals surface area contributed by atoms with Gasteiger partial charge in [0.25, 0.3) is 5.91 Å². The summed E-state index contributed by atoms with van der Waals surface area (Å²) in [6.45, 7) is 1.04. The molecule has 1 aliphatic heterocycles. The molecular formula is C20H18N2O5. The highest BCUT2D eigenvalue weighted by atomic mass is 16.5. The van der Waals surface area contributed by atoms with Crippen molar-refractivity contribution in [2.24, 2.45) is 0 Å². The molecule has 0 bridgehead atoms. The molecule has 1 aromatic carbocycles. The van der Waals surface area contributed by atoms with Crippen molar-refractivity contribution in [3.63, 3.8) is 0 Å². The van der Waals surface area contributed by atoms with E-state index in [1.54, 1.807) is 30.3 Å². The lowest BCUT2D eigenvalue weighted by atomic mass is 10.1. The molecule has 0 saturated carbocycles. The van der Waals surface area contributed by atoms with Crippen molar-refractivity contribution in [1.29, 1.82) is 5.26 Å². The monoisotopic (exact) mass is 366 g/mol. The fourth-order valence-corrected chi connectivity index (χ4v) is 2.86. The lowest BCUT2D eigenvalue weighted by Crippen LogP contribution is -2.32. The zero-order valence-electron chi connectivity index (χ0n) is 14.5. The highest BCUT2D eigenvalue weighted by Gasteiger charge is 2.18. The fourth-order valence-electron chi connectivity index (χ4n) is 2.86. The third-order valence-corrected chi connectivity index (χ3v) is 4.22. The third kappa shape index (κ3) is 4.43. The number of hydrogen-bond acceptors (Lipinski definition) is 5. The quantitative estimate of drug-likeness (QED) is 0.600. The normalized spacial score (nSPS) is 16.7. The van der Waals surface area contributed by atoms with Crippen molar-refractivity contribution < 1.29 is 23.8 Å². The van der Waals surface area contributed by atoms with Crippen LogP contribution in [0.15, 0.2) is 46.4 Å². The summed E-state index contributed by atoms with van der Waals surface area (Å²) < 4.78 is 11.1. The van der Waals surface area contributed by atoms with Gasteiger partial charge in [-0.3, -0.25) is 4.79 Å². The van der Waals surface area contributed by atoms with Crippen LogP contribution in [0.2, 0.25) is 0 Å². The van der Waals surface area contributed by atoms with Crippen molar-refractivity contribution >= 4 is 18.0 Å². The van der Waals surface area contributed by atoms with Crippen molar-refractivity contribution in [2.75, 3.05) is 13.2 Å². The Bertz CT molecular complexity index is 916. The Morgan fingerprint density at radius 1 is 1.30 bits per heavy atom.